The quantitative estimate of drug-likeness (QED) is 0.644. The second-order valence-corrected chi connectivity index (χ2v) is 4.21. The fourth-order valence-corrected chi connectivity index (χ4v) is 2.25. The Labute approximate surface area is 81.3 Å². The SMILES string of the molecule is CCC1(CC)CCN(C(C)=O)CC1. The average Bonchev–Trinajstić information content (AvgIpc) is 2.18. The Morgan fingerprint density at radius 3 is 2.00 bits per heavy atom. The van der Waals surface area contributed by atoms with Crippen molar-refractivity contribution < 1.29 is 4.79 Å². The first-order valence-corrected chi connectivity index (χ1v) is 5.39. The van der Waals surface area contributed by atoms with Crippen LogP contribution in [0, 0.1) is 5.41 Å². The summed E-state index contributed by atoms with van der Waals surface area (Å²) < 4.78 is 0. The predicted octanol–water partition coefficient (Wildman–Crippen LogP) is 2.44. The van der Waals surface area contributed by atoms with Crippen LogP contribution in [0.2, 0.25) is 0 Å². The van der Waals surface area contributed by atoms with E-state index < -0.39 is 0 Å². The summed E-state index contributed by atoms with van der Waals surface area (Å²) in [5, 5.41) is 0. The molecule has 2 nitrogen and oxygen atoms in total. The minimum absolute atomic E-state index is 0.237. The third kappa shape index (κ3) is 2.23. The molecule has 0 N–H and O–H groups in total. The van der Waals surface area contributed by atoms with E-state index in [4.69, 9.17) is 0 Å². The molecular weight excluding hydrogens is 162 g/mol. The van der Waals surface area contributed by atoms with Crippen molar-refractivity contribution in [1.29, 1.82) is 0 Å². The first-order valence-electron chi connectivity index (χ1n) is 5.39. The molecule has 0 unspecified atom stereocenters. The lowest BCUT2D eigenvalue weighted by Gasteiger charge is -2.40. The van der Waals surface area contributed by atoms with Gasteiger partial charge in [0.25, 0.3) is 0 Å². The smallest absolute Gasteiger partial charge is 0.219 e. The molecule has 1 fully saturated rings. The molecule has 1 saturated heterocycles. The van der Waals surface area contributed by atoms with Crippen LogP contribution in [0.25, 0.3) is 0 Å². The molecule has 0 spiro atoms. The van der Waals surface area contributed by atoms with Gasteiger partial charge in [-0.2, -0.15) is 0 Å². The topological polar surface area (TPSA) is 20.3 Å². The van der Waals surface area contributed by atoms with Crippen LogP contribution < -0.4 is 0 Å². The van der Waals surface area contributed by atoms with Gasteiger partial charge >= 0.3 is 0 Å². The number of rotatable bonds is 2. The van der Waals surface area contributed by atoms with E-state index in [0.717, 1.165) is 13.1 Å². The molecule has 1 rings (SSSR count). The highest BCUT2D eigenvalue weighted by Crippen LogP contribution is 2.37. The summed E-state index contributed by atoms with van der Waals surface area (Å²) in [6.45, 7) is 8.15. The third-order valence-corrected chi connectivity index (χ3v) is 3.77. The number of piperidine rings is 1. The average molecular weight is 183 g/mol. The molecule has 13 heavy (non-hydrogen) atoms. The molecule has 1 aliphatic heterocycles. The van der Waals surface area contributed by atoms with Gasteiger partial charge in [-0.15, -0.1) is 0 Å². The van der Waals surface area contributed by atoms with E-state index in [-0.39, 0.29) is 5.91 Å². The minimum Gasteiger partial charge on any atom is -0.343 e. The summed E-state index contributed by atoms with van der Waals surface area (Å²) in [6.07, 6.45) is 4.91. The molecule has 0 aromatic carbocycles. The highest BCUT2D eigenvalue weighted by molar-refractivity contribution is 5.73. The minimum atomic E-state index is 0.237. The van der Waals surface area contributed by atoms with Crippen LogP contribution in [0.5, 0.6) is 0 Å². The van der Waals surface area contributed by atoms with Gasteiger partial charge < -0.3 is 4.90 Å². The molecule has 76 valence electrons. The molecule has 0 aromatic rings. The fraction of sp³-hybridized carbons (Fsp3) is 0.909. The number of hydrogen-bond acceptors (Lipinski definition) is 1. The maximum atomic E-state index is 11.1. The number of carbonyl (C=O) groups is 1. The molecule has 0 aromatic heterocycles. The van der Waals surface area contributed by atoms with Crippen molar-refractivity contribution in [2.45, 2.75) is 46.5 Å². The Morgan fingerprint density at radius 1 is 1.23 bits per heavy atom. The van der Waals surface area contributed by atoms with E-state index in [1.165, 1.54) is 25.7 Å². The molecule has 1 heterocycles. The molecule has 1 aliphatic rings. The standard InChI is InChI=1S/C11H21NO/c1-4-11(5-2)6-8-12(9-7-11)10(3)13/h4-9H2,1-3H3. The van der Waals surface area contributed by atoms with Gasteiger partial charge in [-0.3, -0.25) is 4.79 Å². The van der Waals surface area contributed by atoms with Crippen molar-refractivity contribution in [3.05, 3.63) is 0 Å². The van der Waals surface area contributed by atoms with E-state index in [0.29, 0.717) is 5.41 Å². The van der Waals surface area contributed by atoms with Crippen LogP contribution in [0.15, 0.2) is 0 Å². The van der Waals surface area contributed by atoms with Crippen molar-refractivity contribution in [2.24, 2.45) is 5.41 Å². The molecule has 0 saturated carbocycles. The fourth-order valence-electron chi connectivity index (χ4n) is 2.25. The predicted molar refractivity (Wildman–Crippen MR) is 54.5 cm³/mol. The molecule has 0 atom stereocenters. The van der Waals surface area contributed by atoms with E-state index in [1.54, 1.807) is 6.92 Å². The monoisotopic (exact) mass is 183 g/mol. The molecule has 2 heteroatoms. The van der Waals surface area contributed by atoms with Crippen molar-refractivity contribution in [3.63, 3.8) is 0 Å². The van der Waals surface area contributed by atoms with E-state index in [2.05, 4.69) is 13.8 Å². The highest BCUT2D eigenvalue weighted by atomic mass is 16.2. The van der Waals surface area contributed by atoms with E-state index in [1.807, 2.05) is 4.90 Å². The van der Waals surface area contributed by atoms with Crippen molar-refractivity contribution >= 4 is 5.91 Å². The van der Waals surface area contributed by atoms with E-state index in [9.17, 15) is 4.79 Å². The van der Waals surface area contributed by atoms with Crippen molar-refractivity contribution in [1.82, 2.24) is 4.90 Å². The van der Waals surface area contributed by atoms with Crippen LogP contribution in [-0.2, 0) is 4.79 Å². The van der Waals surface area contributed by atoms with Gasteiger partial charge in [0.1, 0.15) is 0 Å². The number of likely N-dealkylation sites (tertiary alicyclic amines) is 1. The van der Waals surface area contributed by atoms with Gasteiger partial charge in [-0.25, -0.2) is 0 Å². The summed E-state index contributed by atoms with van der Waals surface area (Å²) in [5.74, 6) is 0.237. The third-order valence-electron chi connectivity index (χ3n) is 3.77. The summed E-state index contributed by atoms with van der Waals surface area (Å²) in [5.41, 5.74) is 0.534. The first-order chi connectivity index (χ1) is 6.13. The summed E-state index contributed by atoms with van der Waals surface area (Å²) in [6, 6.07) is 0. The van der Waals surface area contributed by atoms with Crippen molar-refractivity contribution in [3.8, 4) is 0 Å². The number of nitrogens with zero attached hydrogens (tertiary/aromatic N) is 1. The van der Waals surface area contributed by atoms with Gasteiger partial charge in [0.15, 0.2) is 0 Å². The Morgan fingerprint density at radius 2 is 1.69 bits per heavy atom. The van der Waals surface area contributed by atoms with Crippen LogP contribution in [-0.4, -0.2) is 23.9 Å². The Balaban J connectivity index is 2.50. The first kappa shape index (κ1) is 10.6. The highest BCUT2D eigenvalue weighted by Gasteiger charge is 2.31. The molecule has 0 bridgehead atoms. The van der Waals surface area contributed by atoms with Gasteiger partial charge in [-0.1, -0.05) is 26.7 Å². The van der Waals surface area contributed by atoms with Gasteiger partial charge in [0, 0.05) is 20.0 Å². The zero-order chi connectivity index (χ0) is 9.90. The van der Waals surface area contributed by atoms with Crippen molar-refractivity contribution in [2.75, 3.05) is 13.1 Å². The largest absolute Gasteiger partial charge is 0.343 e. The van der Waals surface area contributed by atoms with E-state index >= 15 is 0 Å². The Hall–Kier alpha value is -0.530. The summed E-state index contributed by atoms with van der Waals surface area (Å²) in [7, 11) is 0. The van der Waals surface area contributed by atoms with Gasteiger partial charge in [0.2, 0.25) is 5.91 Å². The second kappa shape index (κ2) is 4.12. The second-order valence-electron chi connectivity index (χ2n) is 4.21. The zero-order valence-corrected chi connectivity index (χ0v) is 9.10. The summed E-state index contributed by atoms with van der Waals surface area (Å²) >= 11 is 0. The van der Waals surface area contributed by atoms with Crippen LogP contribution in [0.4, 0.5) is 0 Å². The normalized spacial score (nSPS) is 21.6. The Kier molecular flexibility index (Phi) is 3.34. The van der Waals surface area contributed by atoms with Gasteiger partial charge in [0.05, 0.1) is 0 Å². The number of carbonyl (C=O) groups excluding carboxylic acids is 1. The van der Waals surface area contributed by atoms with Crippen LogP contribution >= 0.6 is 0 Å². The molecule has 0 radical (unpaired) electrons. The van der Waals surface area contributed by atoms with Gasteiger partial charge in [-0.05, 0) is 18.3 Å². The maximum Gasteiger partial charge on any atom is 0.219 e. The number of hydrogen-bond donors (Lipinski definition) is 0. The summed E-state index contributed by atoms with van der Waals surface area (Å²) in [4.78, 5) is 13.1. The Bertz CT molecular complexity index is 175. The number of amides is 1. The lowest BCUT2D eigenvalue weighted by molar-refractivity contribution is -0.131. The lowest BCUT2D eigenvalue weighted by atomic mass is 9.74. The zero-order valence-electron chi connectivity index (χ0n) is 9.10. The van der Waals surface area contributed by atoms with Crippen LogP contribution in [0.3, 0.4) is 0 Å². The molecule has 0 aliphatic carbocycles. The maximum absolute atomic E-state index is 11.1. The molecular formula is C11H21NO. The molecule has 1 amide bonds. The van der Waals surface area contributed by atoms with Crippen LogP contribution in [0.1, 0.15) is 46.5 Å². The lowest BCUT2D eigenvalue weighted by Crippen LogP contribution is -2.41.